The third-order valence-corrected chi connectivity index (χ3v) is 3.01. The van der Waals surface area contributed by atoms with E-state index < -0.39 is 6.09 Å². The van der Waals surface area contributed by atoms with Gasteiger partial charge in [-0.3, -0.25) is 4.90 Å². The molecular formula is C10H18ClN3O2. The minimum absolute atomic E-state index is 0. The summed E-state index contributed by atoms with van der Waals surface area (Å²) < 4.78 is 4.74. The molecule has 92 valence electrons. The molecule has 3 aliphatic heterocycles. The highest BCUT2D eigenvalue weighted by atomic mass is 35.5. The zero-order valence-electron chi connectivity index (χ0n) is 9.44. The van der Waals surface area contributed by atoms with Crippen molar-refractivity contribution in [2.24, 2.45) is 11.0 Å². The summed E-state index contributed by atoms with van der Waals surface area (Å²) in [6.45, 7) is 5.40. The van der Waals surface area contributed by atoms with Crippen LogP contribution < -0.4 is 5.43 Å². The number of nitrogens with zero attached hydrogens (tertiary/aromatic N) is 2. The summed E-state index contributed by atoms with van der Waals surface area (Å²) in [5.74, 6) is 0.567. The first-order chi connectivity index (χ1) is 7.29. The maximum atomic E-state index is 11.0. The van der Waals surface area contributed by atoms with E-state index in [1.807, 2.05) is 0 Å². The number of rotatable bonds is 2. The predicted octanol–water partition coefficient (Wildman–Crippen LogP) is 1.24. The molecule has 0 radical (unpaired) electrons. The molecule has 6 heteroatoms. The first-order valence-electron chi connectivity index (χ1n) is 5.51. The molecule has 2 bridgehead atoms. The normalized spacial score (nSPS) is 29.7. The van der Waals surface area contributed by atoms with Crippen molar-refractivity contribution < 1.29 is 9.53 Å². The molecular weight excluding hydrogens is 230 g/mol. The van der Waals surface area contributed by atoms with Crippen LogP contribution in [0, 0.1) is 5.92 Å². The number of nitrogens with one attached hydrogen (secondary N) is 1. The van der Waals surface area contributed by atoms with Crippen LogP contribution in [0.4, 0.5) is 4.79 Å². The quantitative estimate of drug-likeness (QED) is 0.747. The Morgan fingerprint density at radius 1 is 1.56 bits per heavy atom. The number of hydrogen-bond donors (Lipinski definition) is 1. The number of carbonyl (C=O) groups excluding carboxylic acids is 1. The summed E-state index contributed by atoms with van der Waals surface area (Å²) in [7, 11) is 0. The van der Waals surface area contributed by atoms with Gasteiger partial charge in [-0.05, 0) is 32.9 Å². The summed E-state index contributed by atoms with van der Waals surface area (Å²) in [5, 5.41) is 4.13. The SMILES string of the molecule is CCOC(=O)N/N=C1\CN2CCC1CC2.Cl. The van der Waals surface area contributed by atoms with Gasteiger partial charge >= 0.3 is 6.09 Å². The molecule has 0 saturated carbocycles. The lowest BCUT2D eigenvalue weighted by molar-refractivity contribution is 0.152. The molecule has 1 N–H and O–H groups in total. The van der Waals surface area contributed by atoms with Crippen LogP contribution in [0.3, 0.4) is 0 Å². The Balaban J connectivity index is 0.00000128. The maximum Gasteiger partial charge on any atom is 0.427 e. The molecule has 0 atom stereocenters. The topological polar surface area (TPSA) is 53.9 Å². The molecule has 3 aliphatic rings. The lowest BCUT2D eigenvalue weighted by Crippen LogP contribution is -2.48. The van der Waals surface area contributed by atoms with E-state index in [9.17, 15) is 4.79 Å². The molecule has 1 amide bonds. The van der Waals surface area contributed by atoms with Gasteiger partial charge in [0.05, 0.1) is 12.3 Å². The highest BCUT2D eigenvalue weighted by Gasteiger charge is 2.30. The summed E-state index contributed by atoms with van der Waals surface area (Å²) in [4.78, 5) is 13.4. The Hall–Kier alpha value is -0.810. The summed E-state index contributed by atoms with van der Waals surface area (Å²) in [6.07, 6.45) is 1.88. The van der Waals surface area contributed by atoms with Crippen molar-refractivity contribution in [2.45, 2.75) is 19.8 Å². The minimum Gasteiger partial charge on any atom is -0.449 e. The summed E-state index contributed by atoms with van der Waals surface area (Å²) in [5.41, 5.74) is 3.54. The highest BCUT2D eigenvalue weighted by molar-refractivity contribution is 5.90. The average molecular weight is 248 g/mol. The van der Waals surface area contributed by atoms with Gasteiger partial charge in [0.2, 0.25) is 0 Å². The van der Waals surface area contributed by atoms with Gasteiger partial charge in [0.1, 0.15) is 0 Å². The number of carbonyl (C=O) groups is 1. The van der Waals surface area contributed by atoms with Crippen LogP contribution in [0.25, 0.3) is 0 Å². The van der Waals surface area contributed by atoms with Crippen molar-refractivity contribution in [3.05, 3.63) is 0 Å². The number of amides is 1. The van der Waals surface area contributed by atoms with Gasteiger partial charge < -0.3 is 4.74 Å². The largest absolute Gasteiger partial charge is 0.449 e. The number of hydrazone groups is 1. The smallest absolute Gasteiger partial charge is 0.427 e. The van der Waals surface area contributed by atoms with Gasteiger partial charge in [-0.15, -0.1) is 12.4 Å². The van der Waals surface area contributed by atoms with Crippen molar-refractivity contribution >= 4 is 24.2 Å². The van der Waals surface area contributed by atoms with Crippen LogP contribution in [0.1, 0.15) is 19.8 Å². The Labute approximate surface area is 102 Å². The fourth-order valence-electron chi connectivity index (χ4n) is 2.19. The molecule has 0 spiro atoms. The second kappa shape index (κ2) is 6.06. The number of halogens is 1. The molecule has 3 saturated heterocycles. The summed E-state index contributed by atoms with van der Waals surface area (Å²) in [6, 6.07) is 0. The fraction of sp³-hybridized carbons (Fsp3) is 0.800. The Morgan fingerprint density at radius 2 is 2.25 bits per heavy atom. The van der Waals surface area contributed by atoms with E-state index in [0.29, 0.717) is 12.5 Å². The molecule has 16 heavy (non-hydrogen) atoms. The van der Waals surface area contributed by atoms with Crippen LogP contribution in [0.15, 0.2) is 5.10 Å². The average Bonchev–Trinajstić information content (AvgIpc) is 2.28. The monoisotopic (exact) mass is 247 g/mol. The highest BCUT2D eigenvalue weighted by Crippen LogP contribution is 2.24. The molecule has 5 nitrogen and oxygen atoms in total. The number of hydrogen-bond acceptors (Lipinski definition) is 4. The molecule has 0 aliphatic carbocycles. The van der Waals surface area contributed by atoms with Crippen molar-refractivity contribution in [1.29, 1.82) is 0 Å². The predicted molar refractivity (Wildman–Crippen MR) is 64.0 cm³/mol. The maximum absolute atomic E-state index is 11.0. The van der Waals surface area contributed by atoms with Crippen molar-refractivity contribution in [1.82, 2.24) is 10.3 Å². The molecule has 0 aromatic rings. The zero-order valence-corrected chi connectivity index (χ0v) is 10.3. The first kappa shape index (κ1) is 13.3. The van der Waals surface area contributed by atoms with Gasteiger partial charge in [0.15, 0.2) is 0 Å². The van der Waals surface area contributed by atoms with Gasteiger partial charge in [-0.25, -0.2) is 10.2 Å². The van der Waals surface area contributed by atoms with E-state index in [-0.39, 0.29) is 12.4 Å². The van der Waals surface area contributed by atoms with E-state index in [2.05, 4.69) is 15.4 Å². The van der Waals surface area contributed by atoms with Crippen LogP contribution in [0.2, 0.25) is 0 Å². The van der Waals surface area contributed by atoms with E-state index in [1.165, 1.54) is 25.9 Å². The van der Waals surface area contributed by atoms with Crippen molar-refractivity contribution in [3.8, 4) is 0 Å². The van der Waals surface area contributed by atoms with Crippen molar-refractivity contribution in [3.63, 3.8) is 0 Å². The number of ether oxygens (including phenoxy) is 1. The van der Waals surface area contributed by atoms with Gasteiger partial charge in [0, 0.05) is 12.5 Å². The lowest BCUT2D eigenvalue weighted by Gasteiger charge is -2.39. The Kier molecular flexibility index (Phi) is 5.02. The summed E-state index contributed by atoms with van der Waals surface area (Å²) >= 11 is 0. The zero-order chi connectivity index (χ0) is 10.7. The van der Waals surface area contributed by atoms with Crippen molar-refractivity contribution in [2.75, 3.05) is 26.2 Å². The molecule has 0 aromatic heterocycles. The van der Waals surface area contributed by atoms with Gasteiger partial charge in [-0.2, -0.15) is 5.10 Å². The minimum atomic E-state index is -0.457. The third kappa shape index (κ3) is 3.09. The molecule has 3 heterocycles. The van der Waals surface area contributed by atoms with Crippen LogP contribution in [0.5, 0.6) is 0 Å². The molecule has 0 unspecified atom stereocenters. The van der Waals surface area contributed by atoms with E-state index in [4.69, 9.17) is 4.74 Å². The standard InChI is InChI=1S/C10H17N3O2.ClH/c1-2-15-10(14)12-11-9-7-13-5-3-8(9)4-6-13;/h8H,2-7H2,1H3,(H,12,14);1H/b11-9+;. The molecule has 0 aromatic carbocycles. The van der Waals surface area contributed by atoms with Crippen LogP contribution in [-0.2, 0) is 4.74 Å². The Bertz CT molecular complexity index is 275. The second-order valence-corrected chi connectivity index (χ2v) is 3.99. The fourth-order valence-corrected chi connectivity index (χ4v) is 2.19. The third-order valence-electron chi connectivity index (χ3n) is 3.01. The van der Waals surface area contributed by atoms with E-state index in [1.54, 1.807) is 6.92 Å². The number of piperidine rings is 3. The molecule has 3 fully saturated rings. The lowest BCUT2D eigenvalue weighted by atomic mass is 9.87. The number of fused-ring (bicyclic) bond motifs is 3. The van der Waals surface area contributed by atoms with Crippen LogP contribution in [-0.4, -0.2) is 42.9 Å². The van der Waals surface area contributed by atoms with E-state index in [0.717, 1.165) is 12.3 Å². The molecule has 3 rings (SSSR count). The first-order valence-corrected chi connectivity index (χ1v) is 5.51. The van der Waals surface area contributed by atoms with Crippen LogP contribution >= 0.6 is 12.4 Å². The second-order valence-electron chi connectivity index (χ2n) is 3.99. The van der Waals surface area contributed by atoms with Gasteiger partial charge in [0.25, 0.3) is 0 Å². The Morgan fingerprint density at radius 3 is 2.75 bits per heavy atom. The van der Waals surface area contributed by atoms with Gasteiger partial charge in [-0.1, -0.05) is 0 Å². The van der Waals surface area contributed by atoms with E-state index >= 15 is 0 Å².